The Balaban J connectivity index is 1.71. The predicted molar refractivity (Wildman–Crippen MR) is 116 cm³/mol. The van der Waals surface area contributed by atoms with E-state index in [0.717, 1.165) is 24.2 Å². The third kappa shape index (κ3) is 5.39. The molecule has 0 unspecified atom stereocenters. The summed E-state index contributed by atoms with van der Waals surface area (Å²) in [6, 6.07) is 7.80. The molecule has 150 valence electrons. The predicted octanol–water partition coefficient (Wildman–Crippen LogP) is 5.10. The van der Waals surface area contributed by atoms with E-state index in [1.54, 1.807) is 0 Å². The molecule has 1 aromatic heterocycles. The van der Waals surface area contributed by atoms with Crippen LogP contribution in [0.3, 0.4) is 0 Å². The van der Waals surface area contributed by atoms with Gasteiger partial charge in [-0.1, -0.05) is 55.1 Å². The molecular weight excluding hydrogens is 392 g/mol. The summed E-state index contributed by atoms with van der Waals surface area (Å²) in [5.74, 6) is 0.813. The Morgan fingerprint density at radius 3 is 2.61 bits per heavy atom. The number of amides is 1. The first-order valence-corrected chi connectivity index (χ1v) is 11.1. The maximum absolute atomic E-state index is 12.7. The van der Waals surface area contributed by atoms with Gasteiger partial charge in [-0.25, -0.2) is 0 Å². The molecule has 0 aliphatic heterocycles. The summed E-state index contributed by atoms with van der Waals surface area (Å²) in [4.78, 5) is 12.7. The molecule has 1 atom stereocenters. The van der Waals surface area contributed by atoms with Gasteiger partial charge in [-0.15, -0.1) is 16.8 Å². The number of rotatable bonds is 7. The lowest BCUT2D eigenvalue weighted by molar-refractivity contribution is -0.121. The Bertz CT molecular complexity index is 797. The summed E-state index contributed by atoms with van der Waals surface area (Å²) in [6.45, 7) is 6.34. The minimum atomic E-state index is -0.242. The van der Waals surface area contributed by atoms with E-state index in [2.05, 4.69) is 22.1 Å². The normalized spacial score (nSPS) is 16.4. The largest absolute Gasteiger partial charge is 0.352 e. The fourth-order valence-corrected chi connectivity index (χ4v) is 4.43. The van der Waals surface area contributed by atoms with Gasteiger partial charge in [-0.05, 0) is 44.0 Å². The second kappa shape index (κ2) is 10.1. The van der Waals surface area contributed by atoms with Crippen molar-refractivity contribution >= 4 is 29.3 Å². The summed E-state index contributed by atoms with van der Waals surface area (Å²) in [7, 11) is 0. The highest BCUT2D eigenvalue weighted by Gasteiger charge is 2.23. The number of thioether (sulfide) groups is 1. The number of benzene rings is 1. The lowest BCUT2D eigenvalue weighted by Gasteiger charge is -2.19. The van der Waals surface area contributed by atoms with Gasteiger partial charge in [0.15, 0.2) is 11.0 Å². The maximum atomic E-state index is 12.7. The van der Waals surface area contributed by atoms with Gasteiger partial charge >= 0.3 is 0 Å². The van der Waals surface area contributed by atoms with Crippen LogP contribution in [0, 0.1) is 0 Å². The molecule has 7 heteroatoms. The summed E-state index contributed by atoms with van der Waals surface area (Å²) >= 11 is 7.43. The zero-order valence-electron chi connectivity index (χ0n) is 16.2. The van der Waals surface area contributed by atoms with Crippen molar-refractivity contribution in [2.45, 2.75) is 68.4 Å². The smallest absolute Gasteiger partial charge is 0.233 e. The van der Waals surface area contributed by atoms with E-state index in [1.165, 1.54) is 37.4 Å². The molecule has 0 bridgehead atoms. The molecule has 1 saturated carbocycles. The van der Waals surface area contributed by atoms with Crippen molar-refractivity contribution in [3.63, 3.8) is 0 Å². The highest BCUT2D eigenvalue weighted by molar-refractivity contribution is 8.00. The lowest BCUT2D eigenvalue weighted by atomic mass is 10.1. The van der Waals surface area contributed by atoms with Crippen molar-refractivity contribution in [1.29, 1.82) is 0 Å². The van der Waals surface area contributed by atoms with Gasteiger partial charge in [0.1, 0.15) is 0 Å². The fourth-order valence-electron chi connectivity index (χ4n) is 3.44. The summed E-state index contributed by atoms with van der Waals surface area (Å²) in [5.41, 5.74) is 0.932. The SMILES string of the molecule is C=CCn1c(S[C@H](C)C(=O)NC2CCCCCC2)nnc1-c1ccc(Cl)cc1. The first-order valence-electron chi connectivity index (χ1n) is 9.85. The molecule has 28 heavy (non-hydrogen) atoms. The third-order valence-electron chi connectivity index (χ3n) is 4.98. The molecule has 1 N–H and O–H groups in total. The monoisotopic (exact) mass is 418 g/mol. The van der Waals surface area contributed by atoms with E-state index in [-0.39, 0.29) is 11.2 Å². The van der Waals surface area contributed by atoms with Crippen LogP contribution in [-0.2, 0) is 11.3 Å². The van der Waals surface area contributed by atoms with Crippen molar-refractivity contribution in [1.82, 2.24) is 20.1 Å². The number of nitrogens with one attached hydrogen (secondary N) is 1. The van der Waals surface area contributed by atoms with Crippen molar-refractivity contribution in [2.24, 2.45) is 0 Å². The number of carbonyl (C=O) groups excluding carboxylic acids is 1. The molecule has 5 nitrogen and oxygen atoms in total. The first kappa shape index (κ1) is 20.9. The summed E-state index contributed by atoms with van der Waals surface area (Å²) in [6.07, 6.45) is 8.91. The van der Waals surface area contributed by atoms with Crippen LogP contribution < -0.4 is 5.32 Å². The number of halogens is 1. The van der Waals surface area contributed by atoms with E-state index < -0.39 is 0 Å². The molecule has 3 rings (SSSR count). The van der Waals surface area contributed by atoms with Crippen LogP contribution in [0.15, 0.2) is 42.1 Å². The van der Waals surface area contributed by atoms with Crippen molar-refractivity contribution in [3.8, 4) is 11.4 Å². The molecule has 0 radical (unpaired) electrons. The molecule has 1 amide bonds. The average molecular weight is 419 g/mol. The summed E-state index contributed by atoms with van der Waals surface area (Å²) < 4.78 is 1.98. The number of aromatic nitrogens is 3. The van der Waals surface area contributed by atoms with Gasteiger partial charge in [-0.2, -0.15) is 0 Å². The van der Waals surface area contributed by atoms with Crippen molar-refractivity contribution in [2.75, 3.05) is 0 Å². The third-order valence-corrected chi connectivity index (χ3v) is 6.32. The minimum Gasteiger partial charge on any atom is -0.352 e. The zero-order valence-corrected chi connectivity index (χ0v) is 17.8. The molecular formula is C21H27ClN4OS. The quantitative estimate of drug-likeness (QED) is 0.386. The van der Waals surface area contributed by atoms with E-state index in [1.807, 2.05) is 41.8 Å². The van der Waals surface area contributed by atoms with Crippen molar-refractivity contribution < 1.29 is 4.79 Å². The standard InChI is InChI=1S/C21H27ClN4OS/c1-3-14-26-19(16-10-12-17(22)13-11-16)24-25-21(26)28-15(2)20(27)23-18-8-6-4-5-7-9-18/h3,10-13,15,18H,1,4-9,14H2,2H3,(H,23,27)/t15-/m1/s1. The number of carbonyl (C=O) groups is 1. The Hall–Kier alpha value is -1.79. The van der Waals surface area contributed by atoms with Crippen LogP contribution in [0.4, 0.5) is 0 Å². The maximum Gasteiger partial charge on any atom is 0.233 e. The second-order valence-corrected chi connectivity index (χ2v) is 8.91. The lowest BCUT2D eigenvalue weighted by Crippen LogP contribution is -2.39. The summed E-state index contributed by atoms with van der Waals surface area (Å²) in [5, 5.41) is 13.1. The highest BCUT2D eigenvalue weighted by atomic mass is 35.5. The number of allylic oxidation sites excluding steroid dienone is 1. The molecule has 1 aliphatic rings. The van der Waals surface area contributed by atoms with Crippen LogP contribution in [0.5, 0.6) is 0 Å². The van der Waals surface area contributed by atoms with Gasteiger partial charge in [0.05, 0.1) is 5.25 Å². The number of hydrogen-bond donors (Lipinski definition) is 1. The molecule has 0 spiro atoms. The Morgan fingerprint density at radius 1 is 1.29 bits per heavy atom. The van der Waals surface area contributed by atoms with Crippen LogP contribution in [0.2, 0.25) is 5.02 Å². The van der Waals surface area contributed by atoms with E-state index >= 15 is 0 Å². The van der Waals surface area contributed by atoms with E-state index in [9.17, 15) is 4.79 Å². The number of hydrogen-bond acceptors (Lipinski definition) is 4. The average Bonchev–Trinajstić information content (AvgIpc) is 2.90. The van der Waals surface area contributed by atoms with Gasteiger partial charge in [0.25, 0.3) is 0 Å². The molecule has 0 saturated heterocycles. The zero-order chi connectivity index (χ0) is 19.9. The molecule has 1 aromatic carbocycles. The van der Waals surface area contributed by atoms with Gasteiger partial charge < -0.3 is 5.32 Å². The Morgan fingerprint density at radius 2 is 1.96 bits per heavy atom. The minimum absolute atomic E-state index is 0.0677. The topological polar surface area (TPSA) is 59.8 Å². The second-order valence-electron chi connectivity index (χ2n) is 7.17. The first-order chi connectivity index (χ1) is 13.6. The highest BCUT2D eigenvalue weighted by Crippen LogP contribution is 2.28. The van der Waals surface area contributed by atoms with Crippen molar-refractivity contribution in [3.05, 3.63) is 41.9 Å². The van der Waals surface area contributed by atoms with Gasteiger partial charge in [0.2, 0.25) is 5.91 Å². The van der Waals surface area contributed by atoms with Crippen LogP contribution in [0.25, 0.3) is 11.4 Å². The molecule has 1 heterocycles. The van der Waals surface area contributed by atoms with Gasteiger partial charge in [-0.3, -0.25) is 9.36 Å². The number of nitrogens with zero attached hydrogens (tertiary/aromatic N) is 3. The molecule has 2 aromatic rings. The Labute approximate surface area is 176 Å². The van der Waals surface area contributed by atoms with Gasteiger partial charge in [0, 0.05) is 23.2 Å². The molecule has 1 aliphatic carbocycles. The van der Waals surface area contributed by atoms with Crippen LogP contribution >= 0.6 is 23.4 Å². The fraction of sp³-hybridized carbons (Fsp3) is 0.476. The Kier molecular flexibility index (Phi) is 7.57. The molecule has 1 fully saturated rings. The van der Waals surface area contributed by atoms with E-state index in [0.29, 0.717) is 22.8 Å². The van der Waals surface area contributed by atoms with E-state index in [4.69, 9.17) is 11.6 Å². The van der Waals surface area contributed by atoms with Crippen LogP contribution in [0.1, 0.15) is 45.4 Å². The van der Waals surface area contributed by atoms with Crippen LogP contribution in [-0.4, -0.2) is 32.0 Å².